The Morgan fingerprint density at radius 2 is 0.935 bits per heavy atom. The average Bonchev–Trinajstić information content (AvgIpc) is 3.70. The van der Waals surface area contributed by atoms with Crippen LogP contribution < -0.4 is 0 Å². The summed E-state index contributed by atoms with van der Waals surface area (Å²) in [6, 6.07) is 25.2. The van der Waals surface area contributed by atoms with E-state index in [-0.39, 0.29) is 12.8 Å². The molecule has 4 nitrogen and oxygen atoms in total. The number of nitrogens with zero attached hydrogens (tertiary/aromatic N) is 4. The SMILES string of the molecule is FC(F)(F)c1cccc(Cc2nc(-c3cccc(N=Nc4cccc(-c5csc(Cc6cccc(C(F)(F)F)c6)n5)c4)c3)cs2)c1. The Balaban J connectivity index is 1.13. The van der Waals surface area contributed by atoms with Crippen molar-refractivity contribution in [3.63, 3.8) is 0 Å². The molecule has 6 rings (SSSR count). The quantitative estimate of drug-likeness (QED) is 0.120. The van der Waals surface area contributed by atoms with Crippen molar-refractivity contribution in [1.82, 2.24) is 9.97 Å². The zero-order valence-corrected chi connectivity index (χ0v) is 25.3. The Bertz CT molecular complexity index is 1870. The van der Waals surface area contributed by atoms with Crippen molar-refractivity contribution in [3.05, 3.63) is 140 Å². The van der Waals surface area contributed by atoms with Gasteiger partial charge in [0.25, 0.3) is 0 Å². The van der Waals surface area contributed by atoms with Gasteiger partial charge in [0.2, 0.25) is 0 Å². The van der Waals surface area contributed by atoms with E-state index in [9.17, 15) is 26.3 Å². The minimum Gasteiger partial charge on any atom is -0.241 e. The van der Waals surface area contributed by atoms with Gasteiger partial charge in [-0.3, -0.25) is 0 Å². The van der Waals surface area contributed by atoms with Crippen LogP contribution in [0.3, 0.4) is 0 Å². The standard InChI is InChI=1S/C34H22F6N4S2/c35-33(36,37)25-9-1-5-21(13-25)15-31-41-29(19-45-31)23-7-3-11-27(17-23)43-44-28-12-4-8-24(18-28)30-20-46-32(42-30)16-22-6-2-10-26(14-22)34(38,39)40/h1-14,17-20H,15-16H2. The second-order valence-electron chi connectivity index (χ2n) is 10.3. The van der Waals surface area contributed by atoms with Crippen molar-refractivity contribution in [1.29, 1.82) is 0 Å². The maximum Gasteiger partial charge on any atom is 0.416 e. The van der Waals surface area contributed by atoms with E-state index in [0.29, 0.717) is 43.9 Å². The second kappa shape index (κ2) is 13.0. The summed E-state index contributed by atoms with van der Waals surface area (Å²) in [5.74, 6) is 0. The van der Waals surface area contributed by atoms with Gasteiger partial charge in [0, 0.05) is 34.7 Å². The zero-order chi connectivity index (χ0) is 32.3. The van der Waals surface area contributed by atoms with Crippen LogP contribution in [-0.4, -0.2) is 9.97 Å². The fraction of sp³-hybridized carbons (Fsp3) is 0.118. The highest BCUT2D eigenvalue weighted by Crippen LogP contribution is 2.33. The van der Waals surface area contributed by atoms with Gasteiger partial charge in [-0.2, -0.15) is 36.6 Å². The van der Waals surface area contributed by atoms with E-state index in [1.54, 1.807) is 24.3 Å². The summed E-state index contributed by atoms with van der Waals surface area (Å²) in [6.07, 6.45) is -8.22. The molecule has 0 fully saturated rings. The summed E-state index contributed by atoms with van der Waals surface area (Å²) in [7, 11) is 0. The first kappa shape index (κ1) is 31.3. The lowest BCUT2D eigenvalue weighted by atomic mass is 10.1. The van der Waals surface area contributed by atoms with E-state index in [2.05, 4.69) is 20.2 Å². The molecule has 0 saturated heterocycles. The smallest absolute Gasteiger partial charge is 0.241 e. The van der Waals surface area contributed by atoms with Gasteiger partial charge in [0.1, 0.15) is 0 Å². The molecule has 0 aliphatic rings. The van der Waals surface area contributed by atoms with Gasteiger partial charge in [0.05, 0.1) is 43.9 Å². The lowest BCUT2D eigenvalue weighted by Gasteiger charge is -2.07. The molecule has 0 amide bonds. The van der Waals surface area contributed by atoms with Gasteiger partial charge >= 0.3 is 12.4 Å². The Labute approximate surface area is 267 Å². The topological polar surface area (TPSA) is 50.5 Å². The predicted molar refractivity (Wildman–Crippen MR) is 168 cm³/mol. The van der Waals surface area contributed by atoms with Gasteiger partial charge in [-0.25, -0.2) is 9.97 Å². The third-order valence-corrected chi connectivity index (χ3v) is 8.59. The van der Waals surface area contributed by atoms with E-state index in [0.717, 1.165) is 35.4 Å². The molecule has 12 heteroatoms. The zero-order valence-electron chi connectivity index (χ0n) is 23.7. The second-order valence-corrected chi connectivity index (χ2v) is 12.2. The van der Waals surface area contributed by atoms with Crippen LogP contribution in [0.1, 0.15) is 32.3 Å². The molecule has 6 aromatic rings. The third kappa shape index (κ3) is 7.75. The molecule has 2 heterocycles. The maximum atomic E-state index is 13.1. The van der Waals surface area contributed by atoms with Gasteiger partial charge in [-0.05, 0) is 47.5 Å². The summed E-state index contributed by atoms with van der Waals surface area (Å²) >= 11 is 2.75. The van der Waals surface area contributed by atoms with Crippen LogP contribution >= 0.6 is 22.7 Å². The number of rotatable bonds is 8. The van der Waals surface area contributed by atoms with Crippen molar-refractivity contribution in [2.24, 2.45) is 10.2 Å². The molecule has 232 valence electrons. The summed E-state index contributed by atoms with van der Waals surface area (Å²) in [5, 5.41) is 13.9. The third-order valence-electron chi connectivity index (χ3n) is 6.89. The normalized spacial score (nSPS) is 12.2. The number of alkyl halides is 6. The van der Waals surface area contributed by atoms with Gasteiger partial charge < -0.3 is 0 Å². The molecule has 0 radical (unpaired) electrons. The van der Waals surface area contributed by atoms with Crippen molar-refractivity contribution < 1.29 is 26.3 Å². The Kier molecular flexibility index (Phi) is 8.83. The molecule has 0 atom stereocenters. The van der Waals surface area contributed by atoms with Crippen LogP contribution in [0, 0.1) is 0 Å². The van der Waals surface area contributed by atoms with Crippen molar-refractivity contribution in [2.45, 2.75) is 25.2 Å². The number of benzene rings is 4. The van der Waals surface area contributed by atoms with E-state index in [4.69, 9.17) is 0 Å². The van der Waals surface area contributed by atoms with Crippen LogP contribution in [0.4, 0.5) is 37.7 Å². The first-order valence-corrected chi connectivity index (χ1v) is 15.6. The first-order chi connectivity index (χ1) is 22.0. The number of hydrogen-bond donors (Lipinski definition) is 0. The minimum atomic E-state index is -4.40. The van der Waals surface area contributed by atoms with Crippen LogP contribution in [0.5, 0.6) is 0 Å². The predicted octanol–water partition coefficient (Wildman–Crippen LogP) is 11.6. The highest BCUT2D eigenvalue weighted by atomic mass is 32.1. The van der Waals surface area contributed by atoms with Crippen LogP contribution in [-0.2, 0) is 25.2 Å². The Hall–Kier alpha value is -4.68. The molecule has 46 heavy (non-hydrogen) atoms. The fourth-order valence-corrected chi connectivity index (χ4v) is 6.36. The largest absolute Gasteiger partial charge is 0.416 e. The summed E-state index contributed by atoms with van der Waals surface area (Å²) in [4.78, 5) is 9.25. The molecular weight excluding hydrogens is 643 g/mol. The van der Waals surface area contributed by atoms with Gasteiger partial charge in [-0.1, -0.05) is 60.7 Å². The molecule has 0 aliphatic heterocycles. The molecule has 0 aliphatic carbocycles. The van der Waals surface area contributed by atoms with Crippen molar-refractivity contribution in [2.75, 3.05) is 0 Å². The van der Waals surface area contributed by atoms with Gasteiger partial charge in [-0.15, -0.1) is 22.7 Å². The molecule has 0 spiro atoms. The maximum absolute atomic E-state index is 13.1. The van der Waals surface area contributed by atoms with E-state index >= 15 is 0 Å². The average molecular weight is 665 g/mol. The lowest BCUT2D eigenvalue weighted by Crippen LogP contribution is -2.05. The first-order valence-electron chi connectivity index (χ1n) is 13.8. The minimum absolute atomic E-state index is 0.288. The number of aromatic nitrogens is 2. The molecular formula is C34H22F6N4S2. The number of halogens is 6. The van der Waals surface area contributed by atoms with E-state index in [1.165, 1.54) is 34.8 Å². The summed E-state index contributed by atoms with van der Waals surface area (Å²) in [6.45, 7) is 0. The molecule has 0 N–H and O–H groups in total. The van der Waals surface area contributed by atoms with Crippen LogP contribution in [0.2, 0.25) is 0 Å². The highest BCUT2D eigenvalue weighted by molar-refractivity contribution is 7.10. The van der Waals surface area contributed by atoms with Crippen molar-refractivity contribution >= 4 is 34.0 Å². The van der Waals surface area contributed by atoms with Crippen molar-refractivity contribution in [3.8, 4) is 22.5 Å². The molecule has 4 aromatic carbocycles. The van der Waals surface area contributed by atoms with Crippen LogP contribution in [0.15, 0.2) is 118 Å². The highest BCUT2D eigenvalue weighted by Gasteiger charge is 2.31. The van der Waals surface area contributed by atoms with Gasteiger partial charge in [0.15, 0.2) is 0 Å². The Morgan fingerprint density at radius 3 is 1.35 bits per heavy atom. The monoisotopic (exact) mass is 664 g/mol. The van der Waals surface area contributed by atoms with E-state index < -0.39 is 23.5 Å². The van der Waals surface area contributed by atoms with E-state index in [1.807, 2.05) is 47.2 Å². The molecule has 0 saturated carbocycles. The molecule has 0 unspecified atom stereocenters. The number of azo groups is 1. The molecule has 0 bridgehead atoms. The van der Waals surface area contributed by atoms with Crippen LogP contribution in [0.25, 0.3) is 22.5 Å². The number of hydrogen-bond acceptors (Lipinski definition) is 6. The number of thiazole rings is 2. The summed E-state index contributed by atoms with van der Waals surface area (Å²) in [5.41, 5.74) is 3.85. The molecule has 2 aromatic heterocycles. The fourth-order valence-electron chi connectivity index (χ4n) is 4.68. The Morgan fingerprint density at radius 1 is 0.522 bits per heavy atom. The summed E-state index contributed by atoms with van der Waals surface area (Å²) < 4.78 is 78.5. The lowest BCUT2D eigenvalue weighted by molar-refractivity contribution is -0.138.